The largest absolute Gasteiger partial charge is 0.372 e. The minimum atomic E-state index is 0.923. The topological polar surface area (TPSA) is 31.4 Å². The molecule has 0 bridgehead atoms. The van der Waals surface area contributed by atoms with Crippen molar-refractivity contribution in [3.05, 3.63) is 53.4 Å². The zero-order chi connectivity index (χ0) is 20.8. The van der Waals surface area contributed by atoms with Gasteiger partial charge in [0.15, 0.2) is 5.13 Å². The molecule has 0 aliphatic heterocycles. The Morgan fingerprint density at radius 2 is 1.41 bits per heavy atom. The molecule has 1 aromatic heterocycles. The highest BCUT2D eigenvalue weighted by atomic mass is 32.1. The van der Waals surface area contributed by atoms with E-state index in [1.54, 1.807) is 11.3 Å². The summed E-state index contributed by atoms with van der Waals surface area (Å²) in [7, 11) is 0. The van der Waals surface area contributed by atoms with Crippen LogP contribution in [0.3, 0.4) is 0 Å². The molecule has 0 saturated heterocycles. The lowest BCUT2D eigenvalue weighted by Gasteiger charge is -2.22. The molecule has 0 atom stereocenters. The van der Waals surface area contributed by atoms with Crippen molar-refractivity contribution in [2.24, 2.45) is 0 Å². The molecular weight excluding hydrogens is 376 g/mol. The van der Waals surface area contributed by atoms with Crippen molar-refractivity contribution < 1.29 is 0 Å². The number of hydrogen-bond donors (Lipinski definition) is 1. The molecule has 3 aromatic rings. The lowest BCUT2D eigenvalue weighted by molar-refractivity contribution is 0.866. The van der Waals surface area contributed by atoms with Crippen molar-refractivity contribution in [1.82, 2.24) is 4.98 Å². The summed E-state index contributed by atoms with van der Waals surface area (Å²) in [5, 5.41) is 6.54. The number of aromatic nitrogens is 1. The zero-order valence-electron chi connectivity index (χ0n) is 18.2. The van der Waals surface area contributed by atoms with Crippen molar-refractivity contribution in [2.45, 2.75) is 34.6 Å². The van der Waals surface area contributed by atoms with Crippen LogP contribution in [-0.2, 0) is 0 Å². The Morgan fingerprint density at radius 1 is 0.828 bits per heavy atom. The lowest BCUT2D eigenvalue weighted by atomic mass is 10.1. The van der Waals surface area contributed by atoms with Gasteiger partial charge in [-0.1, -0.05) is 12.1 Å². The van der Waals surface area contributed by atoms with E-state index in [9.17, 15) is 0 Å². The fraction of sp³-hybridized carbons (Fsp3) is 0.375. The minimum Gasteiger partial charge on any atom is -0.372 e. The minimum absolute atomic E-state index is 0.923. The maximum absolute atomic E-state index is 4.80. The average Bonchev–Trinajstić information content (AvgIpc) is 3.21. The summed E-state index contributed by atoms with van der Waals surface area (Å²) in [4.78, 5) is 9.52. The van der Waals surface area contributed by atoms with Crippen LogP contribution < -0.4 is 15.1 Å². The molecular formula is C24H32N4S. The fourth-order valence-corrected chi connectivity index (χ4v) is 4.32. The third-order valence-electron chi connectivity index (χ3n) is 5.38. The third kappa shape index (κ3) is 4.91. The highest BCUT2D eigenvalue weighted by Crippen LogP contribution is 2.30. The Balaban J connectivity index is 1.74. The first kappa shape index (κ1) is 21.2. The van der Waals surface area contributed by atoms with Crippen LogP contribution >= 0.6 is 11.3 Å². The summed E-state index contributed by atoms with van der Waals surface area (Å²) in [5.41, 5.74) is 7.04. The van der Waals surface area contributed by atoms with Crippen molar-refractivity contribution in [1.29, 1.82) is 0 Å². The van der Waals surface area contributed by atoms with Gasteiger partial charge in [0.1, 0.15) is 0 Å². The molecule has 5 heteroatoms. The number of aryl methyl sites for hydroxylation is 1. The van der Waals surface area contributed by atoms with E-state index in [4.69, 9.17) is 4.98 Å². The fourth-order valence-electron chi connectivity index (χ4n) is 3.58. The summed E-state index contributed by atoms with van der Waals surface area (Å²) >= 11 is 1.64. The second-order valence-electron chi connectivity index (χ2n) is 7.05. The summed E-state index contributed by atoms with van der Waals surface area (Å²) in [6.45, 7) is 15.0. The van der Waals surface area contributed by atoms with Gasteiger partial charge in [-0.15, -0.1) is 11.3 Å². The average molecular weight is 409 g/mol. The van der Waals surface area contributed by atoms with Gasteiger partial charge in [0, 0.05) is 54.2 Å². The molecule has 3 rings (SSSR count). The normalized spacial score (nSPS) is 10.8. The number of nitrogens with zero attached hydrogens (tertiary/aromatic N) is 3. The summed E-state index contributed by atoms with van der Waals surface area (Å²) < 4.78 is 0. The molecule has 0 fully saturated rings. The predicted molar refractivity (Wildman–Crippen MR) is 129 cm³/mol. The maximum Gasteiger partial charge on any atom is 0.187 e. The molecule has 0 aliphatic carbocycles. The first-order valence-corrected chi connectivity index (χ1v) is 11.4. The lowest BCUT2D eigenvalue weighted by Crippen LogP contribution is -2.21. The highest BCUT2D eigenvalue weighted by Gasteiger charge is 2.09. The molecule has 4 nitrogen and oxygen atoms in total. The quantitative estimate of drug-likeness (QED) is 0.435. The van der Waals surface area contributed by atoms with Gasteiger partial charge in [-0.3, -0.25) is 0 Å². The highest BCUT2D eigenvalue weighted by molar-refractivity contribution is 7.14. The van der Waals surface area contributed by atoms with Gasteiger partial charge in [-0.05, 0) is 70.5 Å². The van der Waals surface area contributed by atoms with Gasteiger partial charge in [-0.25, -0.2) is 4.98 Å². The smallest absolute Gasteiger partial charge is 0.187 e. The molecule has 154 valence electrons. The molecule has 0 spiro atoms. The van der Waals surface area contributed by atoms with Crippen LogP contribution in [0.4, 0.5) is 22.2 Å². The number of anilines is 4. The van der Waals surface area contributed by atoms with Crippen molar-refractivity contribution in [3.63, 3.8) is 0 Å². The molecule has 0 radical (unpaired) electrons. The van der Waals surface area contributed by atoms with E-state index in [1.165, 1.54) is 16.9 Å². The number of benzene rings is 2. The van der Waals surface area contributed by atoms with E-state index < -0.39 is 0 Å². The molecule has 0 amide bonds. The first-order chi connectivity index (χ1) is 14.1. The zero-order valence-corrected chi connectivity index (χ0v) is 19.0. The summed E-state index contributed by atoms with van der Waals surface area (Å²) in [6.07, 6.45) is 0. The van der Waals surface area contributed by atoms with Crippen LogP contribution in [0, 0.1) is 6.92 Å². The van der Waals surface area contributed by atoms with Crippen LogP contribution in [-0.4, -0.2) is 31.2 Å². The van der Waals surface area contributed by atoms with E-state index in [0.29, 0.717) is 0 Å². The van der Waals surface area contributed by atoms with Crippen molar-refractivity contribution in [3.8, 4) is 11.3 Å². The van der Waals surface area contributed by atoms with Crippen LogP contribution in [0.25, 0.3) is 11.3 Å². The second-order valence-corrected chi connectivity index (χ2v) is 7.91. The number of rotatable bonds is 9. The van der Waals surface area contributed by atoms with Crippen molar-refractivity contribution >= 4 is 33.5 Å². The first-order valence-electron chi connectivity index (χ1n) is 10.5. The van der Waals surface area contributed by atoms with E-state index in [1.807, 2.05) is 0 Å². The number of hydrogen-bond acceptors (Lipinski definition) is 5. The van der Waals surface area contributed by atoms with E-state index >= 15 is 0 Å². The number of thiazole rings is 1. The standard InChI is InChI=1S/C24H32N4S/c1-6-27(7-2)20-12-10-19(11-13-20)23-17-29-24(26-23)25-22-15-14-21(16-18(22)5)28(8-3)9-4/h10-17H,6-9H2,1-5H3,(H,25,26). The molecule has 1 N–H and O–H groups in total. The summed E-state index contributed by atoms with van der Waals surface area (Å²) in [6, 6.07) is 15.3. The van der Waals surface area contributed by atoms with Gasteiger partial charge in [0.2, 0.25) is 0 Å². The monoisotopic (exact) mass is 408 g/mol. The Hall–Kier alpha value is -2.53. The van der Waals surface area contributed by atoms with E-state index in [0.717, 1.165) is 48.3 Å². The Bertz CT molecular complexity index is 909. The Kier molecular flexibility index (Phi) is 7.15. The van der Waals surface area contributed by atoms with Crippen molar-refractivity contribution in [2.75, 3.05) is 41.3 Å². The molecule has 0 saturated carbocycles. The summed E-state index contributed by atoms with van der Waals surface area (Å²) in [5.74, 6) is 0. The van der Waals surface area contributed by atoms with Gasteiger partial charge in [-0.2, -0.15) is 0 Å². The van der Waals surface area contributed by atoms with Gasteiger partial charge in [0.05, 0.1) is 5.69 Å². The molecule has 2 aromatic carbocycles. The van der Waals surface area contributed by atoms with Crippen LogP contribution in [0.1, 0.15) is 33.3 Å². The van der Waals surface area contributed by atoms with Crippen LogP contribution in [0.15, 0.2) is 47.8 Å². The SMILES string of the molecule is CCN(CC)c1ccc(-c2csc(Nc3ccc(N(CC)CC)cc3C)n2)cc1. The van der Waals surface area contributed by atoms with Crippen LogP contribution in [0.2, 0.25) is 0 Å². The number of nitrogens with one attached hydrogen (secondary N) is 1. The molecule has 0 unspecified atom stereocenters. The van der Waals surface area contributed by atoms with E-state index in [2.05, 4.69) is 97.6 Å². The molecule has 29 heavy (non-hydrogen) atoms. The van der Waals surface area contributed by atoms with Crippen LogP contribution in [0.5, 0.6) is 0 Å². The molecule has 1 heterocycles. The third-order valence-corrected chi connectivity index (χ3v) is 6.13. The van der Waals surface area contributed by atoms with Gasteiger partial charge in [0.25, 0.3) is 0 Å². The Morgan fingerprint density at radius 3 is 2.00 bits per heavy atom. The second kappa shape index (κ2) is 9.79. The Labute approximate surface area is 179 Å². The van der Waals surface area contributed by atoms with Gasteiger partial charge >= 0.3 is 0 Å². The maximum atomic E-state index is 4.80. The molecule has 0 aliphatic rings. The van der Waals surface area contributed by atoms with Gasteiger partial charge < -0.3 is 15.1 Å². The van der Waals surface area contributed by atoms with E-state index in [-0.39, 0.29) is 0 Å². The predicted octanol–water partition coefficient (Wildman–Crippen LogP) is 6.55.